The zero-order valence-electron chi connectivity index (χ0n) is 14.5. The molecule has 1 aliphatic heterocycles. The Bertz CT molecular complexity index is 662. The number of H-pyrrole nitrogens is 1. The molecule has 0 amide bonds. The maximum Gasteiger partial charge on any atom is 0.119 e. The predicted molar refractivity (Wildman–Crippen MR) is 102 cm³/mol. The van der Waals surface area contributed by atoms with Crippen molar-refractivity contribution in [3.05, 3.63) is 66.0 Å². The molecule has 2 N–H and O–H groups in total. The molecule has 3 rings (SSSR count). The molecule has 0 spiro atoms. The minimum Gasteiger partial charge on any atom is -0.494 e. The fourth-order valence-corrected chi connectivity index (χ4v) is 3.19. The molecule has 0 aliphatic carbocycles. The highest BCUT2D eigenvalue weighted by Crippen LogP contribution is 2.31. The first-order valence-corrected chi connectivity index (χ1v) is 9.05. The van der Waals surface area contributed by atoms with E-state index in [0.717, 1.165) is 38.0 Å². The number of rotatable bonds is 10. The number of benzene rings is 1. The van der Waals surface area contributed by atoms with Crippen molar-refractivity contribution in [3.63, 3.8) is 0 Å². The van der Waals surface area contributed by atoms with Crippen molar-refractivity contribution in [3.8, 4) is 5.75 Å². The molecule has 2 aromatic rings. The van der Waals surface area contributed by atoms with Gasteiger partial charge in [0.25, 0.3) is 0 Å². The second-order valence-corrected chi connectivity index (χ2v) is 6.33. The lowest BCUT2D eigenvalue weighted by molar-refractivity contribution is 0.273. The number of ether oxygens (including phenoxy) is 1. The summed E-state index contributed by atoms with van der Waals surface area (Å²) in [4.78, 5) is 7.90. The summed E-state index contributed by atoms with van der Waals surface area (Å²) in [5, 5.41) is 8.77. The van der Waals surface area contributed by atoms with Crippen molar-refractivity contribution in [2.75, 3.05) is 13.2 Å². The number of aromatic nitrogens is 1. The van der Waals surface area contributed by atoms with E-state index >= 15 is 0 Å². The van der Waals surface area contributed by atoms with Crippen LogP contribution in [-0.4, -0.2) is 35.6 Å². The average molecular weight is 338 g/mol. The van der Waals surface area contributed by atoms with E-state index in [1.807, 2.05) is 36.7 Å². The first-order valence-electron chi connectivity index (χ1n) is 9.05. The lowest BCUT2D eigenvalue weighted by Crippen LogP contribution is -2.15. The lowest BCUT2D eigenvalue weighted by atomic mass is 9.89. The molecule has 2 atom stereocenters. The Morgan fingerprint density at radius 3 is 2.60 bits per heavy atom. The number of unbranched alkanes of at least 4 members (excludes halogenated alkanes) is 3. The smallest absolute Gasteiger partial charge is 0.119 e. The van der Waals surface area contributed by atoms with Gasteiger partial charge in [0, 0.05) is 24.7 Å². The van der Waals surface area contributed by atoms with Crippen LogP contribution in [0.25, 0.3) is 0 Å². The minimum atomic E-state index is 0.136. The number of aliphatic hydroxyl groups is 1. The van der Waals surface area contributed by atoms with Gasteiger partial charge in [-0.25, -0.2) is 0 Å². The topological polar surface area (TPSA) is 57.6 Å². The molecule has 0 bridgehead atoms. The maximum absolute atomic E-state index is 8.77. The number of aliphatic imine (C=N–C) groups is 1. The fraction of sp³-hybridized carbons (Fsp3) is 0.381. The Morgan fingerprint density at radius 1 is 1.08 bits per heavy atom. The van der Waals surface area contributed by atoms with E-state index < -0.39 is 0 Å². The van der Waals surface area contributed by atoms with E-state index in [4.69, 9.17) is 9.84 Å². The summed E-state index contributed by atoms with van der Waals surface area (Å²) in [6.45, 7) is 1.00. The van der Waals surface area contributed by atoms with Crippen molar-refractivity contribution in [2.24, 2.45) is 4.99 Å². The van der Waals surface area contributed by atoms with E-state index in [-0.39, 0.29) is 18.6 Å². The molecule has 4 heteroatoms. The zero-order valence-corrected chi connectivity index (χ0v) is 14.5. The van der Waals surface area contributed by atoms with Crippen LogP contribution in [0.5, 0.6) is 5.75 Å². The summed E-state index contributed by atoms with van der Waals surface area (Å²) in [5.74, 6) is 1.10. The molecule has 0 saturated carbocycles. The van der Waals surface area contributed by atoms with Crippen LogP contribution in [-0.2, 0) is 0 Å². The van der Waals surface area contributed by atoms with Gasteiger partial charge in [-0.05, 0) is 55.2 Å². The molecule has 2 unspecified atom stereocenters. The molecule has 0 fully saturated rings. The predicted octanol–water partition coefficient (Wildman–Crippen LogP) is 4.09. The minimum absolute atomic E-state index is 0.136. The molecule has 25 heavy (non-hydrogen) atoms. The second-order valence-electron chi connectivity index (χ2n) is 6.33. The maximum atomic E-state index is 8.77. The molecule has 0 radical (unpaired) electrons. The molecule has 1 aromatic carbocycles. The number of nitrogens with zero attached hydrogens (tertiary/aromatic N) is 1. The van der Waals surface area contributed by atoms with Crippen LogP contribution in [0.1, 0.15) is 42.9 Å². The Morgan fingerprint density at radius 2 is 1.92 bits per heavy atom. The summed E-state index contributed by atoms with van der Waals surface area (Å²) in [6, 6.07) is 12.6. The van der Waals surface area contributed by atoms with Crippen molar-refractivity contribution < 1.29 is 9.84 Å². The monoisotopic (exact) mass is 338 g/mol. The third-order valence-electron chi connectivity index (χ3n) is 4.51. The SMILES string of the molecule is OCCCCCCOc1ccc(C(c2ccc[nH]2)C2C=CC=N2)cc1. The van der Waals surface area contributed by atoms with Gasteiger partial charge in [0.1, 0.15) is 5.75 Å². The van der Waals surface area contributed by atoms with Crippen LogP contribution < -0.4 is 4.74 Å². The molecule has 0 saturated heterocycles. The molecule has 1 aliphatic rings. The van der Waals surface area contributed by atoms with Crippen molar-refractivity contribution >= 4 is 6.21 Å². The van der Waals surface area contributed by atoms with E-state index in [1.54, 1.807) is 0 Å². The number of hydrogen-bond donors (Lipinski definition) is 2. The quantitative estimate of drug-likeness (QED) is 0.641. The van der Waals surface area contributed by atoms with E-state index in [9.17, 15) is 0 Å². The van der Waals surface area contributed by atoms with Gasteiger partial charge >= 0.3 is 0 Å². The van der Waals surface area contributed by atoms with Gasteiger partial charge in [-0.1, -0.05) is 24.6 Å². The summed E-state index contributed by atoms with van der Waals surface area (Å²) in [5.41, 5.74) is 2.40. The summed E-state index contributed by atoms with van der Waals surface area (Å²) >= 11 is 0. The van der Waals surface area contributed by atoms with Crippen LogP contribution >= 0.6 is 0 Å². The summed E-state index contributed by atoms with van der Waals surface area (Å²) < 4.78 is 5.82. The number of aromatic amines is 1. The van der Waals surface area contributed by atoms with Gasteiger partial charge in [0.2, 0.25) is 0 Å². The molecule has 1 aromatic heterocycles. The highest BCUT2D eigenvalue weighted by Gasteiger charge is 2.24. The first kappa shape index (κ1) is 17.5. The number of hydrogen-bond acceptors (Lipinski definition) is 3. The normalized spacial score (nSPS) is 17.1. The molecule has 4 nitrogen and oxygen atoms in total. The fourth-order valence-electron chi connectivity index (χ4n) is 3.19. The molecule has 2 heterocycles. The Labute approximate surface area is 149 Å². The zero-order chi connectivity index (χ0) is 17.3. The second kappa shape index (κ2) is 9.23. The lowest BCUT2D eigenvalue weighted by Gasteiger charge is -2.20. The van der Waals surface area contributed by atoms with Gasteiger partial charge < -0.3 is 14.8 Å². The van der Waals surface area contributed by atoms with E-state index in [1.165, 1.54) is 11.3 Å². The van der Waals surface area contributed by atoms with E-state index in [2.05, 4.69) is 34.3 Å². The first-order chi connectivity index (χ1) is 12.4. The van der Waals surface area contributed by atoms with Crippen molar-refractivity contribution in [1.82, 2.24) is 4.98 Å². The largest absolute Gasteiger partial charge is 0.494 e. The molecular formula is C21H26N2O2. The van der Waals surface area contributed by atoms with Crippen LogP contribution in [0, 0.1) is 0 Å². The van der Waals surface area contributed by atoms with Crippen molar-refractivity contribution in [2.45, 2.75) is 37.6 Å². The van der Waals surface area contributed by atoms with Gasteiger partial charge in [-0.2, -0.15) is 0 Å². The van der Waals surface area contributed by atoms with Crippen molar-refractivity contribution in [1.29, 1.82) is 0 Å². The summed E-state index contributed by atoms with van der Waals surface area (Å²) in [6.07, 6.45) is 12.0. The molecule has 132 valence electrons. The van der Waals surface area contributed by atoms with Gasteiger partial charge in [-0.3, -0.25) is 4.99 Å². The Hall–Kier alpha value is -2.33. The van der Waals surface area contributed by atoms with Crippen LogP contribution in [0.4, 0.5) is 0 Å². The number of aliphatic hydroxyl groups excluding tert-OH is 1. The van der Waals surface area contributed by atoms with Crippen LogP contribution in [0.15, 0.2) is 59.7 Å². The van der Waals surface area contributed by atoms with Gasteiger partial charge in [-0.15, -0.1) is 0 Å². The summed E-state index contributed by atoms with van der Waals surface area (Å²) in [7, 11) is 0. The van der Waals surface area contributed by atoms with Gasteiger partial charge in [0.05, 0.1) is 18.6 Å². The molecular weight excluding hydrogens is 312 g/mol. The average Bonchev–Trinajstić information content (AvgIpc) is 3.34. The van der Waals surface area contributed by atoms with Crippen LogP contribution in [0.2, 0.25) is 0 Å². The van der Waals surface area contributed by atoms with E-state index in [0.29, 0.717) is 0 Å². The van der Waals surface area contributed by atoms with Gasteiger partial charge in [0.15, 0.2) is 0 Å². The number of nitrogens with one attached hydrogen (secondary N) is 1. The Kier molecular flexibility index (Phi) is 6.46. The standard InChI is InChI=1S/C21H26N2O2/c24-15-3-1-2-4-16-25-18-11-9-17(10-12-18)21(19-7-5-13-22-19)20-8-6-14-23-20/h5-14,19,21,23-24H,1-4,15-16H2. The van der Waals surface area contributed by atoms with Crippen LogP contribution in [0.3, 0.4) is 0 Å². The number of allylic oxidation sites excluding steroid dienone is 1. The third-order valence-corrected chi connectivity index (χ3v) is 4.51. The Balaban J connectivity index is 1.60. The highest BCUT2D eigenvalue weighted by atomic mass is 16.5. The third kappa shape index (κ3) is 4.83. The highest BCUT2D eigenvalue weighted by molar-refractivity contribution is 5.74.